The molecule has 8 heteroatoms. The van der Waals surface area contributed by atoms with Crippen molar-refractivity contribution >= 4 is 53.1 Å². The van der Waals surface area contributed by atoms with E-state index in [1.54, 1.807) is 31.3 Å². The number of guanidine groups is 1. The quantitative estimate of drug-likeness (QED) is 0.232. The fourth-order valence-electron chi connectivity index (χ4n) is 3.18. The maximum Gasteiger partial charge on any atom is 0.243 e. The van der Waals surface area contributed by atoms with E-state index in [0.717, 1.165) is 24.2 Å². The molecule has 162 valence electrons. The summed E-state index contributed by atoms with van der Waals surface area (Å²) in [7, 11) is 1.64. The lowest BCUT2D eigenvalue weighted by molar-refractivity contribution is -0.117. The van der Waals surface area contributed by atoms with Crippen LogP contribution in [0.2, 0.25) is 0 Å². The van der Waals surface area contributed by atoms with Crippen LogP contribution in [0.4, 0.5) is 11.4 Å². The van der Waals surface area contributed by atoms with Crippen molar-refractivity contribution in [2.24, 2.45) is 4.99 Å². The Morgan fingerprint density at radius 2 is 1.97 bits per heavy atom. The van der Waals surface area contributed by atoms with E-state index in [0.29, 0.717) is 30.2 Å². The van der Waals surface area contributed by atoms with Gasteiger partial charge in [-0.15, -0.1) is 30.4 Å². The third-order valence-electron chi connectivity index (χ3n) is 4.73. The number of hydrogen-bond donors (Lipinski definition) is 3. The number of carbonyl (C=O) groups is 2. The first kappa shape index (κ1) is 24.2. The number of carbonyl (C=O) groups excluding carboxylic acids is 2. The smallest absolute Gasteiger partial charge is 0.243 e. The van der Waals surface area contributed by atoms with Crippen LogP contribution < -0.4 is 20.9 Å². The first-order valence-electron chi connectivity index (χ1n) is 9.79. The number of halogens is 1. The predicted octanol–water partition coefficient (Wildman–Crippen LogP) is 2.72. The normalized spacial score (nSPS) is 13.2. The van der Waals surface area contributed by atoms with Crippen molar-refractivity contribution in [3.05, 3.63) is 59.7 Å². The fraction of sp³-hybridized carbons (Fsp3) is 0.261. The molecule has 0 bridgehead atoms. The molecule has 3 rings (SSSR count). The zero-order valence-corrected chi connectivity index (χ0v) is 19.7. The van der Waals surface area contributed by atoms with E-state index < -0.39 is 0 Å². The van der Waals surface area contributed by atoms with Gasteiger partial charge in [-0.2, -0.15) is 0 Å². The molecule has 0 saturated carbocycles. The number of rotatable bonds is 6. The molecule has 2 amide bonds. The van der Waals surface area contributed by atoms with Crippen LogP contribution >= 0.6 is 24.0 Å². The van der Waals surface area contributed by atoms with E-state index in [9.17, 15) is 9.59 Å². The van der Waals surface area contributed by atoms with E-state index in [2.05, 4.69) is 26.9 Å². The minimum Gasteiger partial charge on any atom is -0.352 e. The lowest BCUT2D eigenvalue weighted by Crippen LogP contribution is -2.41. The highest BCUT2D eigenvalue weighted by molar-refractivity contribution is 14.0. The van der Waals surface area contributed by atoms with Crippen molar-refractivity contribution in [1.82, 2.24) is 10.6 Å². The number of hydrogen-bond acceptors (Lipinski definition) is 3. The van der Waals surface area contributed by atoms with Crippen molar-refractivity contribution in [1.29, 1.82) is 0 Å². The van der Waals surface area contributed by atoms with Gasteiger partial charge in [0.1, 0.15) is 0 Å². The number of benzene rings is 2. The highest BCUT2D eigenvalue weighted by atomic mass is 127. The second-order valence-electron chi connectivity index (χ2n) is 6.87. The van der Waals surface area contributed by atoms with E-state index in [1.165, 1.54) is 0 Å². The van der Waals surface area contributed by atoms with Gasteiger partial charge in [0, 0.05) is 43.5 Å². The van der Waals surface area contributed by atoms with Crippen molar-refractivity contribution in [3.8, 4) is 12.3 Å². The average Bonchev–Trinajstić information content (AvgIpc) is 3.20. The third-order valence-corrected chi connectivity index (χ3v) is 4.73. The van der Waals surface area contributed by atoms with Crippen LogP contribution in [-0.2, 0) is 16.1 Å². The molecule has 0 spiro atoms. The largest absolute Gasteiger partial charge is 0.352 e. The fourth-order valence-corrected chi connectivity index (χ4v) is 3.18. The molecule has 7 nitrogen and oxygen atoms in total. The molecule has 1 aliphatic rings. The lowest BCUT2D eigenvalue weighted by Gasteiger charge is -2.16. The summed E-state index contributed by atoms with van der Waals surface area (Å²) in [4.78, 5) is 29.9. The maximum absolute atomic E-state index is 12.2. The molecular formula is C23H26IN5O2. The Bertz CT molecular complexity index is 982. The van der Waals surface area contributed by atoms with E-state index in [4.69, 9.17) is 6.42 Å². The molecule has 0 radical (unpaired) electrons. The molecule has 0 aromatic heterocycles. The van der Waals surface area contributed by atoms with Crippen LogP contribution in [-0.4, -0.2) is 37.9 Å². The minimum absolute atomic E-state index is 0. The number of nitrogens with zero attached hydrogens (tertiary/aromatic N) is 2. The highest BCUT2D eigenvalue weighted by Crippen LogP contribution is 2.21. The van der Waals surface area contributed by atoms with Crippen LogP contribution in [0.3, 0.4) is 0 Å². The molecule has 1 aliphatic heterocycles. The summed E-state index contributed by atoms with van der Waals surface area (Å²) >= 11 is 0. The standard InChI is InChI=1S/C23H25N5O2.HI/c1-3-17-6-4-7-19(14-17)27-21(29)16-26-23(24-2)25-15-18-9-11-20(12-10-18)28-13-5-8-22(28)30;/h1,4,6-7,9-12,14H,5,8,13,15-16H2,2H3,(H,27,29)(H2,24,25,26);1H. The Hall–Kier alpha value is -3.06. The predicted molar refractivity (Wildman–Crippen MR) is 135 cm³/mol. The molecule has 1 heterocycles. The molecule has 0 aliphatic carbocycles. The van der Waals surface area contributed by atoms with Gasteiger partial charge < -0.3 is 20.9 Å². The van der Waals surface area contributed by atoms with Gasteiger partial charge in [0.2, 0.25) is 11.8 Å². The summed E-state index contributed by atoms with van der Waals surface area (Å²) < 4.78 is 0. The maximum atomic E-state index is 12.2. The number of amides is 2. The van der Waals surface area contributed by atoms with Gasteiger partial charge in [-0.25, -0.2) is 0 Å². The van der Waals surface area contributed by atoms with Crippen molar-refractivity contribution in [2.45, 2.75) is 19.4 Å². The molecule has 0 atom stereocenters. The summed E-state index contributed by atoms with van der Waals surface area (Å²) in [5, 5.41) is 8.95. The minimum atomic E-state index is -0.202. The van der Waals surface area contributed by atoms with E-state index in [-0.39, 0.29) is 42.3 Å². The second kappa shape index (κ2) is 12.0. The van der Waals surface area contributed by atoms with Gasteiger partial charge in [0.05, 0.1) is 6.54 Å². The summed E-state index contributed by atoms with van der Waals surface area (Å²) in [6.07, 6.45) is 6.91. The van der Waals surface area contributed by atoms with Crippen LogP contribution in [0, 0.1) is 12.3 Å². The van der Waals surface area contributed by atoms with Gasteiger partial charge >= 0.3 is 0 Å². The number of aliphatic imine (C=N–C) groups is 1. The molecule has 0 unspecified atom stereocenters. The Labute approximate surface area is 199 Å². The summed E-state index contributed by atoms with van der Waals surface area (Å²) in [6, 6.07) is 15.0. The zero-order chi connectivity index (χ0) is 21.3. The van der Waals surface area contributed by atoms with Gasteiger partial charge in [0.25, 0.3) is 0 Å². The van der Waals surface area contributed by atoms with Crippen LogP contribution in [0.15, 0.2) is 53.5 Å². The molecule has 1 saturated heterocycles. The van der Waals surface area contributed by atoms with Gasteiger partial charge in [-0.3, -0.25) is 14.6 Å². The number of anilines is 2. The van der Waals surface area contributed by atoms with E-state index >= 15 is 0 Å². The molecule has 2 aromatic carbocycles. The van der Waals surface area contributed by atoms with Crippen molar-refractivity contribution in [3.63, 3.8) is 0 Å². The first-order valence-corrected chi connectivity index (χ1v) is 9.79. The van der Waals surface area contributed by atoms with E-state index in [1.807, 2.05) is 29.2 Å². The Morgan fingerprint density at radius 3 is 2.61 bits per heavy atom. The molecule has 3 N–H and O–H groups in total. The van der Waals surface area contributed by atoms with Crippen LogP contribution in [0.1, 0.15) is 24.0 Å². The summed E-state index contributed by atoms with van der Waals surface area (Å²) in [5.74, 6) is 3.03. The molecule has 2 aromatic rings. The second-order valence-corrected chi connectivity index (χ2v) is 6.87. The Morgan fingerprint density at radius 1 is 1.19 bits per heavy atom. The third kappa shape index (κ3) is 7.00. The van der Waals surface area contributed by atoms with Gasteiger partial charge in [0.15, 0.2) is 5.96 Å². The summed E-state index contributed by atoms with van der Waals surface area (Å²) in [5.41, 5.74) is 3.33. The Kier molecular flexibility index (Phi) is 9.34. The zero-order valence-electron chi connectivity index (χ0n) is 17.4. The van der Waals surface area contributed by atoms with Crippen molar-refractivity contribution < 1.29 is 9.59 Å². The first-order chi connectivity index (χ1) is 14.6. The average molecular weight is 531 g/mol. The number of nitrogens with one attached hydrogen (secondary N) is 3. The SMILES string of the molecule is C#Cc1cccc(NC(=O)CNC(=NC)NCc2ccc(N3CCCC3=O)cc2)c1.I. The lowest BCUT2D eigenvalue weighted by atomic mass is 10.2. The monoisotopic (exact) mass is 531 g/mol. The highest BCUT2D eigenvalue weighted by Gasteiger charge is 2.21. The molecular weight excluding hydrogens is 505 g/mol. The van der Waals surface area contributed by atoms with Gasteiger partial charge in [-0.05, 0) is 42.3 Å². The van der Waals surface area contributed by atoms with Crippen LogP contribution in [0.25, 0.3) is 0 Å². The van der Waals surface area contributed by atoms with Crippen LogP contribution in [0.5, 0.6) is 0 Å². The topological polar surface area (TPSA) is 85.8 Å². The van der Waals surface area contributed by atoms with Crippen molar-refractivity contribution in [2.75, 3.05) is 30.4 Å². The number of terminal acetylenes is 1. The molecule has 1 fully saturated rings. The molecule has 31 heavy (non-hydrogen) atoms. The summed E-state index contributed by atoms with van der Waals surface area (Å²) in [6.45, 7) is 1.39. The van der Waals surface area contributed by atoms with Gasteiger partial charge in [-0.1, -0.05) is 24.1 Å². The Balaban J connectivity index is 0.00000341.